The second kappa shape index (κ2) is 3.25. The number of likely N-dealkylation sites (tertiary alicyclic amines) is 1. The minimum atomic E-state index is -4.10. The Morgan fingerprint density at radius 3 is 2.42 bits per heavy atom. The lowest BCUT2D eigenvalue weighted by molar-refractivity contribution is 0.126. The highest BCUT2D eigenvalue weighted by molar-refractivity contribution is 7.85. The van der Waals surface area contributed by atoms with E-state index in [0.29, 0.717) is 13.1 Å². The van der Waals surface area contributed by atoms with Gasteiger partial charge in [-0.25, -0.2) is 4.79 Å². The number of amides is 1. The lowest BCUT2D eigenvalue weighted by Crippen LogP contribution is -2.45. The minimum absolute atomic E-state index is 0.527. The van der Waals surface area contributed by atoms with Crippen molar-refractivity contribution >= 4 is 16.4 Å². The Bertz CT molecular complexity index is 270. The molecule has 0 unspecified atom stereocenters. The predicted molar refractivity (Wildman–Crippen MR) is 38.9 cm³/mol. The second-order valence-electron chi connectivity index (χ2n) is 2.26. The van der Waals surface area contributed by atoms with Crippen molar-refractivity contribution in [2.45, 2.75) is 6.42 Å². The molecule has 0 aromatic carbocycles. The van der Waals surface area contributed by atoms with E-state index in [1.165, 1.54) is 9.73 Å². The zero-order valence-corrected chi connectivity index (χ0v) is 7.00. The predicted octanol–water partition coefficient (Wildman–Crippen LogP) is -1.46. The van der Waals surface area contributed by atoms with Gasteiger partial charge in [0.25, 0.3) is 0 Å². The average molecular weight is 195 g/mol. The summed E-state index contributed by atoms with van der Waals surface area (Å²) in [7, 11) is -4.10. The molecule has 0 atom stereocenters. The highest BCUT2D eigenvalue weighted by Crippen LogP contribution is 2.08. The van der Waals surface area contributed by atoms with E-state index < -0.39 is 16.4 Å². The number of hydrazine groups is 1. The average Bonchev–Trinajstić information content (AvgIpc) is 1.82. The van der Waals surface area contributed by atoms with Crippen LogP contribution in [0.3, 0.4) is 0 Å². The van der Waals surface area contributed by atoms with Crippen molar-refractivity contribution in [2.24, 2.45) is 5.84 Å². The highest BCUT2D eigenvalue weighted by atomic mass is 32.2. The Hall–Kier alpha value is -0.860. The van der Waals surface area contributed by atoms with Crippen molar-refractivity contribution in [1.82, 2.24) is 9.73 Å². The van der Waals surface area contributed by atoms with Crippen LogP contribution in [0.15, 0.2) is 0 Å². The first-order valence-electron chi connectivity index (χ1n) is 3.26. The Balaban J connectivity index is 2.45. The quantitative estimate of drug-likeness (QED) is 0.414. The lowest BCUT2D eigenvalue weighted by atomic mass is 10.2. The van der Waals surface area contributed by atoms with Crippen LogP contribution in [-0.2, 0) is 14.5 Å². The number of carbonyl (C=O) groups is 1. The fraction of sp³-hybridized carbons (Fsp3) is 0.750. The number of hydrogen-bond acceptors (Lipinski definition) is 5. The molecule has 1 aliphatic rings. The monoisotopic (exact) mass is 195 g/mol. The van der Waals surface area contributed by atoms with Crippen LogP contribution in [0.25, 0.3) is 0 Å². The van der Waals surface area contributed by atoms with Gasteiger partial charge in [-0.15, -0.1) is 4.83 Å². The van der Waals surface area contributed by atoms with Crippen molar-refractivity contribution in [2.75, 3.05) is 13.1 Å². The number of nitrogens with one attached hydrogen (secondary N) is 1. The molecule has 0 bridgehead atoms. The molecule has 0 radical (unpaired) electrons. The summed E-state index contributed by atoms with van der Waals surface area (Å²) < 4.78 is 25.1. The molecule has 0 spiro atoms. The van der Waals surface area contributed by atoms with Gasteiger partial charge in [0.05, 0.1) is 0 Å². The van der Waals surface area contributed by atoms with Gasteiger partial charge < -0.3 is 9.08 Å². The molecule has 8 heteroatoms. The first-order chi connectivity index (χ1) is 5.55. The number of nitrogens with two attached hydrogens (primary N) is 1. The largest absolute Gasteiger partial charge is 0.426 e. The molecule has 0 aromatic rings. The molecule has 1 fully saturated rings. The van der Waals surface area contributed by atoms with Crippen LogP contribution in [0.5, 0.6) is 0 Å². The van der Waals surface area contributed by atoms with Crippen LogP contribution >= 0.6 is 0 Å². The third-order valence-corrected chi connectivity index (χ3v) is 2.09. The van der Waals surface area contributed by atoms with Crippen LogP contribution < -0.4 is 10.7 Å². The van der Waals surface area contributed by atoms with Gasteiger partial charge in [-0.3, -0.25) is 5.84 Å². The summed E-state index contributed by atoms with van der Waals surface area (Å²) in [5.74, 6) is 4.58. The molecule has 1 saturated heterocycles. The number of rotatable bonds is 2. The molecule has 12 heavy (non-hydrogen) atoms. The molecule has 1 aliphatic heterocycles. The van der Waals surface area contributed by atoms with Crippen LogP contribution in [0.2, 0.25) is 0 Å². The highest BCUT2D eigenvalue weighted by Gasteiger charge is 2.25. The molecule has 1 heterocycles. The SMILES string of the molecule is NNS(=O)(=O)OC(=O)N1CCC1. The van der Waals surface area contributed by atoms with Gasteiger partial charge in [-0.1, -0.05) is 0 Å². The van der Waals surface area contributed by atoms with Crippen molar-refractivity contribution < 1.29 is 17.4 Å². The van der Waals surface area contributed by atoms with Crippen LogP contribution in [0.1, 0.15) is 6.42 Å². The van der Waals surface area contributed by atoms with E-state index in [1.807, 2.05) is 0 Å². The van der Waals surface area contributed by atoms with Gasteiger partial charge in [-0.2, -0.15) is 8.42 Å². The maximum Gasteiger partial charge on any atom is 0.426 e. The van der Waals surface area contributed by atoms with Gasteiger partial charge in [-0.05, 0) is 6.42 Å². The zero-order chi connectivity index (χ0) is 9.19. The Morgan fingerprint density at radius 2 is 2.08 bits per heavy atom. The molecule has 0 aromatic heterocycles. The second-order valence-corrected chi connectivity index (χ2v) is 3.57. The van der Waals surface area contributed by atoms with E-state index in [9.17, 15) is 13.2 Å². The minimum Gasteiger partial charge on any atom is -0.315 e. The van der Waals surface area contributed by atoms with Gasteiger partial charge in [0.15, 0.2) is 0 Å². The van der Waals surface area contributed by atoms with E-state index in [1.54, 1.807) is 0 Å². The molecular weight excluding hydrogens is 186 g/mol. The molecule has 7 nitrogen and oxygen atoms in total. The van der Waals surface area contributed by atoms with E-state index in [4.69, 9.17) is 0 Å². The summed E-state index contributed by atoms with van der Waals surface area (Å²) in [6.45, 7) is 1.05. The van der Waals surface area contributed by atoms with Crippen LogP contribution in [-0.4, -0.2) is 32.5 Å². The smallest absolute Gasteiger partial charge is 0.315 e. The van der Waals surface area contributed by atoms with Crippen LogP contribution in [0.4, 0.5) is 4.79 Å². The zero-order valence-electron chi connectivity index (χ0n) is 6.19. The molecule has 0 aliphatic carbocycles. The van der Waals surface area contributed by atoms with Gasteiger partial charge in [0.2, 0.25) is 0 Å². The summed E-state index contributed by atoms with van der Waals surface area (Å²) in [5.41, 5.74) is 0. The Labute approximate surface area is 69.7 Å². The number of carbonyl (C=O) groups excluding carboxylic acids is 1. The summed E-state index contributed by atoms with van der Waals surface area (Å²) >= 11 is 0. The summed E-state index contributed by atoms with van der Waals surface area (Å²) in [5, 5.41) is 0. The van der Waals surface area contributed by atoms with E-state index >= 15 is 0 Å². The van der Waals surface area contributed by atoms with Crippen molar-refractivity contribution in [1.29, 1.82) is 0 Å². The first-order valence-corrected chi connectivity index (χ1v) is 4.67. The van der Waals surface area contributed by atoms with Crippen LogP contribution in [0, 0.1) is 0 Å². The van der Waals surface area contributed by atoms with Crippen molar-refractivity contribution in [3.05, 3.63) is 0 Å². The summed E-state index contributed by atoms with van der Waals surface area (Å²) in [4.78, 5) is 13.5. The molecule has 1 rings (SSSR count). The van der Waals surface area contributed by atoms with Gasteiger partial charge in [0.1, 0.15) is 0 Å². The van der Waals surface area contributed by atoms with Crippen molar-refractivity contribution in [3.8, 4) is 0 Å². The Morgan fingerprint density at radius 1 is 1.50 bits per heavy atom. The number of hydrogen-bond donors (Lipinski definition) is 2. The molecular formula is C4H9N3O4S. The normalized spacial score (nSPS) is 16.9. The molecule has 70 valence electrons. The van der Waals surface area contributed by atoms with E-state index in [0.717, 1.165) is 6.42 Å². The third kappa shape index (κ3) is 2.06. The maximum absolute atomic E-state index is 10.8. The first kappa shape index (κ1) is 9.23. The maximum atomic E-state index is 10.8. The van der Waals surface area contributed by atoms with Gasteiger partial charge in [0, 0.05) is 13.1 Å². The summed E-state index contributed by atoms with van der Waals surface area (Å²) in [6.07, 6.45) is -0.0234. The Kier molecular flexibility index (Phi) is 2.50. The topological polar surface area (TPSA) is 102 Å². The summed E-state index contributed by atoms with van der Waals surface area (Å²) in [6, 6.07) is 0. The standard InChI is InChI=1S/C4H9N3O4S/c5-6-12(9,10)11-4(8)7-2-1-3-7/h6H,1-3,5H2. The molecule has 3 N–H and O–H groups in total. The van der Waals surface area contributed by atoms with E-state index in [2.05, 4.69) is 10.0 Å². The fourth-order valence-electron chi connectivity index (χ4n) is 0.669. The van der Waals surface area contributed by atoms with E-state index in [-0.39, 0.29) is 0 Å². The third-order valence-electron chi connectivity index (χ3n) is 1.44. The van der Waals surface area contributed by atoms with Gasteiger partial charge >= 0.3 is 16.4 Å². The van der Waals surface area contributed by atoms with Crippen molar-refractivity contribution in [3.63, 3.8) is 0 Å². The fourth-order valence-corrected chi connectivity index (χ4v) is 1.01. The lowest BCUT2D eigenvalue weighted by Gasteiger charge is -2.28. The number of nitrogens with zero attached hydrogens (tertiary/aromatic N) is 1. The molecule has 0 saturated carbocycles. The molecule has 1 amide bonds.